The number of carbonyl (C=O) groups excluding carboxylic acids is 1. The third-order valence-corrected chi connectivity index (χ3v) is 4.27. The van der Waals surface area contributed by atoms with Gasteiger partial charge in [-0.05, 0) is 48.9 Å². The average molecular weight is 387 g/mol. The summed E-state index contributed by atoms with van der Waals surface area (Å²) in [5.41, 5.74) is 1.34. The number of hydrogen-bond donors (Lipinski definition) is 1. The topological polar surface area (TPSA) is 80.6 Å². The van der Waals surface area contributed by atoms with Crippen molar-refractivity contribution in [2.75, 3.05) is 13.2 Å². The van der Waals surface area contributed by atoms with Crippen LogP contribution in [-0.2, 0) is 11.3 Å². The van der Waals surface area contributed by atoms with Crippen LogP contribution >= 0.6 is 11.6 Å². The normalized spacial score (nSPS) is 13.8. The first kappa shape index (κ1) is 18.9. The standard InChI is InChI=1S/C20H19ClN2O4/c1-13(27-16-5-3-14(11-22)4-6-16)20(24)23-12-15-9-17(21)19-18(10-15)25-7-2-8-26-19/h3-6,9-10,13H,2,7-8,12H2,1H3,(H,23,24). The molecule has 0 aromatic heterocycles. The molecule has 1 heterocycles. The molecule has 0 fully saturated rings. The van der Waals surface area contributed by atoms with Crippen LogP contribution in [-0.4, -0.2) is 25.2 Å². The van der Waals surface area contributed by atoms with Gasteiger partial charge in [-0.15, -0.1) is 0 Å². The Hall–Kier alpha value is -2.91. The van der Waals surface area contributed by atoms with Gasteiger partial charge in [-0.3, -0.25) is 4.79 Å². The maximum atomic E-state index is 12.3. The van der Waals surface area contributed by atoms with Crippen LogP contribution in [0, 0.1) is 11.3 Å². The maximum Gasteiger partial charge on any atom is 0.261 e. The van der Waals surface area contributed by atoms with E-state index in [9.17, 15) is 4.79 Å². The minimum absolute atomic E-state index is 0.261. The lowest BCUT2D eigenvalue weighted by molar-refractivity contribution is -0.127. The molecule has 140 valence electrons. The summed E-state index contributed by atoms with van der Waals surface area (Å²) in [6.45, 7) is 3.08. The maximum absolute atomic E-state index is 12.3. The molecule has 6 nitrogen and oxygen atoms in total. The van der Waals surface area contributed by atoms with E-state index in [4.69, 9.17) is 31.1 Å². The molecule has 1 atom stereocenters. The van der Waals surface area contributed by atoms with Crippen LogP contribution in [0.3, 0.4) is 0 Å². The summed E-state index contributed by atoms with van der Waals surface area (Å²) in [6, 6.07) is 12.2. The number of nitrogens with one attached hydrogen (secondary N) is 1. The van der Waals surface area contributed by atoms with Crippen molar-refractivity contribution in [1.29, 1.82) is 5.26 Å². The molecule has 1 N–H and O–H groups in total. The summed E-state index contributed by atoms with van der Waals surface area (Å²) < 4.78 is 16.9. The molecule has 0 bridgehead atoms. The molecular formula is C20H19ClN2O4. The first-order chi connectivity index (χ1) is 13.1. The molecule has 0 aliphatic carbocycles. The van der Waals surface area contributed by atoms with Crippen LogP contribution in [0.15, 0.2) is 36.4 Å². The second-order valence-electron chi connectivity index (χ2n) is 6.07. The Morgan fingerprint density at radius 2 is 2.04 bits per heavy atom. The number of benzene rings is 2. The summed E-state index contributed by atoms with van der Waals surface area (Å²) in [5, 5.41) is 12.1. The lowest BCUT2D eigenvalue weighted by atomic mass is 10.2. The SMILES string of the molecule is CC(Oc1ccc(C#N)cc1)C(=O)NCc1cc(Cl)c2c(c1)OCCCO2. The van der Waals surface area contributed by atoms with Crippen molar-refractivity contribution in [2.45, 2.75) is 26.0 Å². The number of hydrogen-bond acceptors (Lipinski definition) is 5. The smallest absolute Gasteiger partial charge is 0.261 e. The summed E-state index contributed by atoms with van der Waals surface area (Å²) in [5.74, 6) is 1.39. The second-order valence-corrected chi connectivity index (χ2v) is 6.48. The van der Waals surface area contributed by atoms with Gasteiger partial charge in [-0.1, -0.05) is 11.6 Å². The Labute approximate surface area is 162 Å². The van der Waals surface area contributed by atoms with Crippen molar-refractivity contribution < 1.29 is 19.0 Å². The molecule has 1 aliphatic heterocycles. The number of carbonyl (C=O) groups is 1. The van der Waals surface area contributed by atoms with E-state index in [1.807, 2.05) is 12.1 Å². The van der Waals surface area contributed by atoms with E-state index in [2.05, 4.69) is 5.32 Å². The number of nitrogens with zero attached hydrogens (tertiary/aromatic N) is 1. The number of halogens is 1. The fourth-order valence-corrected chi connectivity index (χ4v) is 2.87. The molecule has 0 saturated carbocycles. The van der Waals surface area contributed by atoms with E-state index in [1.165, 1.54) is 0 Å². The van der Waals surface area contributed by atoms with E-state index < -0.39 is 6.10 Å². The average Bonchev–Trinajstić information content (AvgIpc) is 2.92. The summed E-state index contributed by atoms with van der Waals surface area (Å²) in [4.78, 5) is 12.3. The first-order valence-corrected chi connectivity index (χ1v) is 8.97. The van der Waals surface area contributed by atoms with E-state index in [0.717, 1.165) is 12.0 Å². The molecule has 2 aromatic rings. The Morgan fingerprint density at radius 1 is 1.30 bits per heavy atom. The fraction of sp³-hybridized carbons (Fsp3) is 0.300. The predicted molar refractivity (Wildman–Crippen MR) is 100 cm³/mol. The van der Waals surface area contributed by atoms with Crippen LogP contribution in [0.2, 0.25) is 5.02 Å². The van der Waals surface area contributed by atoms with Crippen LogP contribution < -0.4 is 19.5 Å². The second kappa shape index (κ2) is 8.65. The highest BCUT2D eigenvalue weighted by Gasteiger charge is 2.18. The number of rotatable bonds is 5. The van der Waals surface area contributed by atoms with Gasteiger partial charge in [0.05, 0.1) is 29.9 Å². The molecule has 0 saturated heterocycles. The molecule has 1 unspecified atom stereocenters. The van der Waals surface area contributed by atoms with Crippen molar-refractivity contribution in [2.24, 2.45) is 0 Å². The Bertz CT molecular complexity index is 862. The lowest BCUT2D eigenvalue weighted by Crippen LogP contribution is -2.35. The van der Waals surface area contributed by atoms with E-state index in [1.54, 1.807) is 37.3 Å². The van der Waals surface area contributed by atoms with Gasteiger partial charge in [0, 0.05) is 13.0 Å². The number of nitriles is 1. The zero-order valence-corrected chi connectivity index (χ0v) is 15.6. The van der Waals surface area contributed by atoms with Crippen LogP contribution in [0.5, 0.6) is 17.2 Å². The van der Waals surface area contributed by atoms with Crippen LogP contribution in [0.25, 0.3) is 0 Å². The van der Waals surface area contributed by atoms with Crippen molar-refractivity contribution in [1.82, 2.24) is 5.32 Å². The van der Waals surface area contributed by atoms with Gasteiger partial charge in [-0.25, -0.2) is 0 Å². The highest BCUT2D eigenvalue weighted by Crippen LogP contribution is 2.37. The Kier molecular flexibility index (Phi) is 6.05. The minimum Gasteiger partial charge on any atom is -0.489 e. The Balaban J connectivity index is 1.59. The van der Waals surface area contributed by atoms with Gasteiger partial charge in [0.25, 0.3) is 5.91 Å². The minimum atomic E-state index is -0.686. The molecule has 7 heteroatoms. The van der Waals surface area contributed by atoms with Gasteiger partial charge in [0.15, 0.2) is 17.6 Å². The molecule has 0 radical (unpaired) electrons. The van der Waals surface area contributed by atoms with Crippen molar-refractivity contribution in [3.05, 3.63) is 52.5 Å². The molecule has 1 amide bonds. The predicted octanol–water partition coefficient (Wildman–Crippen LogP) is 3.46. The number of amides is 1. The van der Waals surface area contributed by atoms with Gasteiger partial charge < -0.3 is 19.5 Å². The number of fused-ring (bicyclic) bond motifs is 1. The molecule has 27 heavy (non-hydrogen) atoms. The van der Waals surface area contributed by atoms with Crippen molar-refractivity contribution >= 4 is 17.5 Å². The van der Waals surface area contributed by atoms with Crippen molar-refractivity contribution in [3.63, 3.8) is 0 Å². The number of ether oxygens (including phenoxy) is 3. The monoisotopic (exact) mass is 386 g/mol. The van der Waals surface area contributed by atoms with E-state index >= 15 is 0 Å². The summed E-state index contributed by atoms with van der Waals surface area (Å²) >= 11 is 6.26. The molecule has 3 rings (SSSR count). The van der Waals surface area contributed by atoms with E-state index in [-0.39, 0.29) is 12.5 Å². The van der Waals surface area contributed by atoms with Crippen molar-refractivity contribution in [3.8, 4) is 23.3 Å². The van der Waals surface area contributed by atoms with Gasteiger partial charge in [-0.2, -0.15) is 5.26 Å². The lowest BCUT2D eigenvalue weighted by Gasteiger charge is -2.16. The molecular weight excluding hydrogens is 368 g/mol. The quantitative estimate of drug-likeness (QED) is 0.851. The van der Waals surface area contributed by atoms with Crippen LogP contribution in [0.4, 0.5) is 0 Å². The van der Waals surface area contributed by atoms with Gasteiger partial charge in [0.2, 0.25) is 0 Å². The van der Waals surface area contributed by atoms with Gasteiger partial charge >= 0.3 is 0 Å². The zero-order valence-electron chi connectivity index (χ0n) is 14.8. The molecule has 1 aliphatic rings. The Morgan fingerprint density at radius 3 is 2.78 bits per heavy atom. The highest BCUT2D eigenvalue weighted by molar-refractivity contribution is 6.32. The van der Waals surface area contributed by atoms with Crippen LogP contribution in [0.1, 0.15) is 24.5 Å². The third-order valence-electron chi connectivity index (χ3n) is 3.99. The summed E-state index contributed by atoms with van der Waals surface area (Å²) in [7, 11) is 0. The molecule has 0 spiro atoms. The fourth-order valence-electron chi connectivity index (χ4n) is 2.58. The first-order valence-electron chi connectivity index (χ1n) is 8.59. The molecule has 2 aromatic carbocycles. The third kappa shape index (κ3) is 4.83. The summed E-state index contributed by atoms with van der Waals surface area (Å²) in [6.07, 6.45) is 0.107. The van der Waals surface area contributed by atoms with E-state index in [0.29, 0.717) is 41.0 Å². The zero-order chi connectivity index (χ0) is 19.2. The van der Waals surface area contributed by atoms with Gasteiger partial charge in [0.1, 0.15) is 5.75 Å². The highest BCUT2D eigenvalue weighted by atomic mass is 35.5. The largest absolute Gasteiger partial charge is 0.489 e.